The van der Waals surface area contributed by atoms with Crippen LogP contribution in [0.2, 0.25) is 0 Å². The van der Waals surface area contributed by atoms with Crippen LogP contribution < -0.4 is 14.8 Å². The molecule has 6 nitrogen and oxygen atoms in total. The first kappa shape index (κ1) is 22.1. The predicted molar refractivity (Wildman–Crippen MR) is 110 cm³/mol. The van der Waals surface area contributed by atoms with Crippen LogP contribution in [0.1, 0.15) is 56.3 Å². The second kappa shape index (κ2) is 10.3. The molecule has 0 bridgehead atoms. The summed E-state index contributed by atoms with van der Waals surface area (Å²) < 4.78 is 10.5. The highest BCUT2D eigenvalue weighted by atomic mass is 16.5. The molecule has 0 aliphatic heterocycles. The van der Waals surface area contributed by atoms with Crippen molar-refractivity contribution in [3.63, 3.8) is 0 Å². The average Bonchev–Trinajstić information content (AvgIpc) is 2.71. The smallest absolute Gasteiger partial charge is 0.252 e. The van der Waals surface area contributed by atoms with E-state index in [0.29, 0.717) is 23.0 Å². The Hall–Kier alpha value is -2.24. The molecule has 0 radical (unpaired) electrons. The molecule has 1 aromatic carbocycles. The van der Waals surface area contributed by atoms with E-state index >= 15 is 0 Å². The van der Waals surface area contributed by atoms with Crippen molar-refractivity contribution in [1.29, 1.82) is 0 Å². The van der Waals surface area contributed by atoms with Crippen molar-refractivity contribution in [2.45, 2.75) is 52.0 Å². The molecule has 6 heteroatoms. The van der Waals surface area contributed by atoms with Gasteiger partial charge in [0.25, 0.3) is 5.91 Å². The quantitative estimate of drug-likeness (QED) is 0.738. The zero-order chi connectivity index (χ0) is 20.7. The highest BCUT2D eigenvalue weighted by molar-refractivity contribution is 5.98. The van der Waals surface area contributed by atoms with Crippen LogP contribution in [0.25, 0.3) is 0 Å². The minimum atomic E-state index is -0.571. The maximum atomic E-state index is 13.0. The van der Waals surface area contributed by atoms with Gasteiger partial charge in [-0.1, -0.05) is 33.1 Å². The van der Waals surface area contributed by atoms with Gasteiger partial charge in [-0.15, -0.1) is 0 Å². The predicted octanol–water partition coefficient (Wildman–Crippen LogP) is 3.50. The van der Waals surface area contributed by atoms with Gasteiger partial charge >= 0.3 is 0 Å². The Morgan fingerprint density at radius 3 is 2.14 bits per heavy atom. The first-order valence-corrected chi connectivity index (χ1v) is 10.1. The van der Waals surface area contributed by atoms with Gasteiger partial charge < -0.3 is 19.7 Å². The van der Waals surface area contributed by atoms with Crippen LogP contribution >= 0.6 is 0 Å². The minimum absolute atomic E-state index is 0.0160. The van der Waals surface area contributed by atoms with Crippen molar-refractivity contribution in [2.24, 2.45) is 11.8 Å². The van der Waals surface area contributed by atoms with Gasteiger partial charge in [-0.25, -0.2) is 0 Å². The summed E-state index contributed by atoms with van der Waals surface area (Å²) in [4.78, 5) is 27.6. The molecule has 1 N–H and O–H groups in total. The Bertz CT molecular complexity index is 646. The molecule has 0 heterocycles. The summed E-state index contributed by atoms with van der Waals surface area (Å²) in [5, 5.41) is 2.91. The molecular weight excluding hydrogens is 356 g/mol. The van der Waals surface area contributed by atoms with E-state index in [1.54, 1.807) is 23.1 Å². The van der Waals surface area contributed by atoms with Gasteiger partial charge in [-0.05, 0) is 36.8 Å². The molecule has 1 unspecified atom stereocenters. The molecule has 1 aromatic rings. The number of benzene rings is 1. The van der Waals surface area contributed by atoms with Gasteiger partial charge in [0.2, 0.25) is 5.91 Å². The molecule has 1 aliphatic carbocycles. The van der Waals surface area contributed by atoms with Crippen molar-refractivity contribution in [3.05, 3.63) is 23.8 Å². The molecule has 0 spiro atoms. The lowest BCUT2D eigenvalue weighted by Crippen LogP contribution is -2.51. The number of likely N-dealkylation sites (N-methyl/N-ethyl adjacent to an activating group) is 1. The molecule has 2 amide bonds. The topological polar surface area (TPSA) is 67.9 Å². The Balaban J connectivity index is 2.08. The molecule has 2 rings (SSSR count). The van der Waals surface area contributed by atoms with Crippen molar-refractivity contribution in [1.82, 2.24) is 10.2 Å². The lowest BCUT2D eigenvalue weighted by molar-refractivity contribution is -0.133. The van der Waals surface area contributed by atoms with Crippen LogP contribution in [-0.2, 0) is 4.79 Å². The van der Waals surface area contributed by atoms with Crippen molar-refractivity contribution >= 4 is 11.8 Å². The Morgan fingerprint density at radius 2 is 1.64 bits per heavy atom. The molecule has 0 saturated heterocycles. The zero-order valence-corrected chi connectivity index (χ0v) is 17.8. The largest absolute Gasteiger partial charge is 0.497 e. The summed E-state index contributed by atoms with van der Waals surface area (Å²) >= 11 is 0. The number of carbonyl (C=O) groups excluding carboxylic acids is 2. The fourth-order valence-electron chi connectivity index (χ4n) is 3.76. The van der Waals surface area contributed by atoms with Crippen molar-refractivity contribution in [2.75, 3.05) is 27.8 Å². The molecule has 156 valence electrons. The first-order chi connectivity index (χ1) is 13.3. The SMILES string of the molecule is COc1cc(OC)cc(C(=O)NC(C(=O)N(C)CC2CCCCC2)C(C)C)c1. The van der Waals surface area contributed by atoms with E-state index in [1.807, 2.05) is 20.9 Å². The summed E-state index contributed by atoms with van der Waals surface area (Å²) in [6.45, 7) is 4.65. The molecule has 0 aromatic heterocycles. The maximum absolute atomic E-state index is 13.0. The summed E-state index contributed by atoms with van der Waals surface area (Å²) in [7, 11) is 4.92. The van der Waals surface area contributed by atoms with Crippen LogP contribution in [0.5, 0.6) is 11.5 Å². The lowest BCUT2D eigenvalue weighted by atomic mass is 9.89. The molecular formula is C22H34N2O4. The molecule has 1 fully saturated rings. The molecule has 1 saturated carbocycles. The number of hydrogen-bond acceptors (Lipinski definition) is 4. The Labute approximate surface area is 168 Å². The maximum Gasteiger partial charge on any atom is 0.252 e. The number of nitrogens with zero attached hydrogens (tertiary/aromatic N) is 1. The number of hydrogen-bond donors (Lipinski definition) is 1. The number of methoxy groups -OCH3 is 2. The van der Waals surface area contributed by atoms with E-state index in [0.717, 1.165) is 6.54 Å². The Kier molecular flexibility index (Phi) is 8.15. The van der Waals surface area contributed by atoms with Gasteiger partial charge in [0, 0.05) is 25.2 Å². The minimum Gasteiger partial charge on any atom is -0.497 e. The number of amides is 2. The van der Waals surface area contributed by atoms with Gasteiger partial charge in [-0.2, -0.15) is 0 Å². The second-order valence-electron chi connectivity index (χ2n) is 8.02. The Morgan fingerprint density at radius 1 is 1.07 bits per heavy atom. The molecule has 1 aliphatic rings. The molecule has 28 heavy (non-hydrogen) atoms. The third-order valence-electron chi connectivity index (χ3n) is 5.47. The number of ether oxygens (including phenoxy) is 2. The van der Waals surface area contributed by atoms with E-state index in [9.17, 15) is 9.59 Å². The molecule has 1 atom stereocenters. The van der Waals surface area contributed by atoms with Crippen LogP contribution in [-0.4, -0.2) is 50.6 Å². The van der Waals surface area contributed by atoms with Crippen LogP contribution in [0.15, 0.2) is 18.2 Å². The number of nitrogens with one attached hydrogen (secondary N) is 1. The lowest BCUT2D eigenvalue weighted by Gasteiger charge is -2.31. The normalized spacial score (nSPS) is 15.8. The van der Waals surface area contributed by atoms with E-state index in [4.69, 9.17) is 9.47 Å². The van der Waals surface area contributed by atoms with Gasteiger partial charge in [0.05, 0.1) is 14.2 Å². The van der Waals surface area contributed by atoms with Gasteiger partial charge in [0.1, 0.15) is 17.5 Å². The summed E-state index contributed by atoms with van der Waals surface area (Å²) in [6.07, 6.45) is 6.14. The number of rotatable bonds is 8. The first-order valence-electron chi connectivity index (χ1n) is 10.1. The average molecular weight is 391 g/mol. The highest BCUT2D eigenvalue weighted by Gasteiger charge is 2.29. The third kappa shape index (κ3) is 5.88. The number of carbonyl (C=O) groups is 2. The van der Waals surface area contributed by atoms with Gasteiger partial charge in [0.15, 0.2) is 0 Å². The second-order valence-corrected chi connectivity index (χ2v) is 8.02. The van der Waals surface area contributed by atoms with Gasteiger partial charge in [-0.3, -0.25) is 9.59 Å². The van der Waals surface area contributed by atoms with E-state index in [-0.39, 0.29) is 17.7 Å². The van der Waals surface area contributed by atoms with Crippen LogP contribution in [0, 0.1) is 11.8 Å². The summed E-state index contributed by atoms with van der Waals surface area (Å²) in [5.41, 5.74) is 0.407. The monoisotopic (exact) mass is 390 g/mol. The summed E-state index contributed by atoms with van der Waals surface area (Å²) in [5.74, 6) is 1.27. The standard InChI is InChI=1S/C22H34N2O4/c1-15(2)20(22(26)24(3)14-16-9-7-6-8-10-16)23-21(25)17-11-18(27-4)13-19(12-17)28-5/h11-13,15-16,20H,6-10,14H2,1-5H3,(H,23,25). The fourth-order valence-corrected chi connectivity index (χ4v) is 3.76. The van der Waals surface area contributed by atoms with Crippen LogP contribution in [0.3, 0.4) is 0 Å². The third-order valence-corrected chi connectivity index (χ3v) is 5.47. The van der Waals surface area contributed by atoms with Crippen molar-refractivity contribution < 1.29 is 19.1 Å². The fraction of sp³-hybridized carbons (Fsp3) is 0.636. The summed E-state index contributed by atoms with van der Waals surface area (Å²) in [6, 6.07) is 4.43. The zero-order valence-electron chi connectivity index (χ0n) is 17.8. The van der Waals surface area contributed by atoms with E-state index in [2.05, 4.69) is 5.32 Å². The highest BCUT2D eigenvalue weighted by Crippen LogP contribution is 2.25. The van der Waals surface area contributed by atoms with Crippen molar-refractivity contribution in [3.8, 4) is 11.5 Å². The van der Waals surface area contributed by atoms with E-state index < -0.39 is 6.04 Å². The van der Waals surface area contributed by atoms with Crippen LogP contribution in [0.4, 0.5) is 0 Å². The van der Waals surface area contributed by atoms with E-state index in [1.165, 1.54) is 46.3 Å².